The standard InChI is InChI=1S/C22H28ClN7O5S2/c1-5-29(12-16-10-17(23)6-8-19(16)35-13-14(2)3)20-9-7-18(25-26-20)22(32)28-37(33,34)21-11-24-30(36-21)27-15(4)31/h6-11,14,24H,5,12-13H2,1-4H3,(H,27,31)(H,28,32). The van der Waals surface area contributed by atoms with Crippen molar-refractivity contribution in [3.8, 4) is 5.75 Å². The van der Waals surface area contributed by atoms with Gasteiger partial charge in [0.25, 0.3) is 15.9 Å². The monoisotopic (exact) mass is 569 g/mol. The fourth-order valence-electron chi connectivity index (χ4n) is 3.05. The SMILES string of the molecule is CCN(Cc1cc(Cl)ccc1OCC(C)C)c1ccc(C(=O)NS(=O)(=O)C2=CNN(NC(C)=O)S2)nn1. The van der Waals surface area contributed by atoms with Crippen LogP contribution in [0.5, 0.6) is 5.75 Å². The first kappa shape index (κ1) is 28.5. The number of hydrogen-bond donors (Lipinski definition) is 3. The third-order valence-corrected chi connectivity index (χ3v) is 7.67. The Morgan fingerprint density at radius 1 is 1.24 bits per heavy atom. The molecule has 0 spiro atoms. The summed E-state index contributed by atoms with van der Waals surface area (Å²) in [6.07, 6.45) is 1.14. The van der Waals surface area contributed by atoms with Crippen molar-refractivity contribution in [2.45, 2.75) is 34.2 Å². The molecule has 3 rings (SSSR count). The number of halogens is 1. The Balaban J connectivity index is 1.68. The Kier molecular flexibility index (Phi) is 9.59. The van der Waals surface area contributed by atoms with Gasteiger partial charge < -0.3 is 9.64 Å². The van der Waals surface area contributed by atoms with E-state index in [9.17, 15) is 18.0 Å². The maximum Gasteiger partial charge on any atom is 0.285 e. The molecule has 3 N–H and O–H groups in total. The van der Waals surface area contributed by atoms with Gasteiger partial charge in [-0.05, 0) is 43.2 Å². The highest BCUT2D eigenvalue weighted by atomic mass is 35.5. The summed E-state index contributed by atoms with van der Waals surface area (Å²) in [5.41, 5.74) is 5.60. The van der Waals surface area contributed by atoms with E-state index in [0.717, 1.165) is 22.0 Å². The van der Waals surface area contributed by atoms with Gasteiger partial charge in [0.2, 0.25) is 5.91 Å². The maximum atomic E-state index is 12.5. The molecule has 1 aromatic heterocycles. The van der Waals surface area contributed by atoms with Crippen LogP contribution in [-0.4, -0.2) is 48.1 Å². The molecule has 0 fully saturated rings. The second-order valence-corrected chi connectivity index (χ2v) is 11.7. The van der Waals surface area contributed by atoms with Gasteiger partial charge in [-0.2, -0.15) is 0 Å². The highest BCUT2D eigenvalue weighted by molar-refractivity contribution is 8.17. The minimum Gasteiger partial charge on any atom is -0.493 e. The molecular formula is C22H28ClN7O5S2. The van der Waals surface area contributed by atoms with Crippen LogP contribution < -0.4 is 25.2 Å². The third kappa shape index (κ3) is 7.95. The summed E-state index contributed by atoms with van der Waals surface area (Å²) >= 11 is 6.90. The molecule has 2 heterocycles. The van der Waals surface area contributed by atoms with Crippen molar-refractivity contribution >= 4 is 51.2 Å². The van der Waals surface area contributed by atoms with Crippen molar-refractivity contribution in [2.75, 3.05) is 18.1 Å². The largest absolute Gasteiger partial charge is 0.493 e. The number of amides is 2. The van der Waals surface area contributed by atoms with Crippen LogP contribution in [-0.2, 0) is 21.4 Å². The number of sulfonamides is 1. The van der Waals surface area contributed by atoms with E-state index >= 15 is 0 Å². The molecule has 0 unspecified atom stereocenters. The fourth-order valence-corrected chi connectivity index (χ4v) is 5.21. The second kappa shape index (κ2) is 12.4. The van der Waals surface area contributed by atoms with Crippen LogP contribution in [0, 0.1) is 5.92 Å². The number of anilines is 1. The summed E-state index contributed by atoms with van der Waals surface area (Å²) in [7, 11) is -4.20. The van der Waals surface area contributed by atoms with Crippen LogP contribution >= 0.6 is 23.5 Å². The molecule has 0 atom stereocenters. The van der Waals surface area contributed by atoms with Crippen LogP contribution in [0.2, 0.25) is 5.02 Å². The molecular weight excluding hydrogens is 542 g/mol. The van der Waals surface area contributed by atoms with E-state index in [1.54, 1.807) is 12.1 Å². The summed E-state index contributed by atoms with van der Waals surface area (Å²) in [6, 6.07) is 8.41. The van der Waals surface area contributed by atoms with Gasteiger partial charge in [-0.1, -0.05) is 30.0 Å². The van der Waals surface area contributed by atoms with E-state index < -0.39 is 21.8 Å². The predicted molar refractivity (Wildman–Crippen MR) is 141 cm³/mol. The van der Waals surface area contributed by atoms with Gasteiger partial charge in [0.15, 0.2) is 15.7 Å². The molecule has 37 heavy (non-hydrogen) atoms. The van der Waals surface area contributed by atoms with E-state index in [2.05, 4.69) is 34.9 Å². The van der Waals surface area contributed by atoms with E-state index in [1.807, 2.05) is 28.7 Å². The molecule has 1 aromatic carbocycles. The number of ether oxygens (including phenoxy) is 1. The minimum atomic E-state index is -4.20. The van der Waals surface area contributed by atoms with Gasteiger partial charge in [-0.25, -0.2) is 13.1 Å². The number of aromatic nitrogens is 2. The molecule has 2 amide bonds. The van der Waals surface area contributed by atoms with Crippen LogP contribution in [0.15, 0.2) is 40.8 Å². The minimum absolute atomic E-state index is 0.178. The number of rotatable bonds is 11. The lowest BCUT2D eigenvalue weighted by Crippen LogP contribution is -2.40. The summed E-state index contributed by atoms with van der Waals surface area (Å²) in [5, 5.41) is 8.62. The average Bonchev–Trinajstić information content (AvgIpc) is 3.30. The zero-order valence-corrected chi connectivity index (χ0v) is 23.1. The molecule has 0 aliphatic carbocycles. The van der Waals surface area contributed by atoms with E-state index in [1.165, 1.54) is 13.0 Å². The first-order chi connectivity index (χ1) is 17.5. The zero-order chi connectivity index (χ0) is 27.2. The van der Waals surface area contributed by atoms with Crippen molar-refractivity contribution in [2.24, 2.45) is 5.92 Å². The first-order valence-corrected chi connectivity index (χ1v) is 13.9. The van der Waals surface area contributed by atoms with Crippen LogP contribution in [0.25, 0.3) is 0 Å². The molecule has 200 valence electrons. The summed E-state index contributed by atoms with van der Waals surface area (Å²) in [6.45, 7) is 8.91. The molecule has 0 radical (unpaired) electrons. The van der Waals surface area contributed by atoms with Crippen LogP contribution in [0.1, 0.15) is 43.7 Å². The van der Waals surface area contributed by atoms with Crippen molar-refractivity contribution in [3.05, 3.63) is 57.0 Å². The van der Waals surface area contributed by atoms with Crippen molar-refractivity contribution in [1.82, 2.24) is 30.3 Å². The van der Waals surface area contributed by atoms with Crippen molar-refractivity contribution in [3.63, 3.8) is 0 Å². The smallest absolute Gasteiger partial charge is 0.285 e. The predicted octanol–water partition coefficient (Wildman–Crippen LogP) is 2.57. The van der Waals surface area contributed by atoms with Crippen molar-refractivity contribution < 1.29 is 22.7 Å². The van der Waals surface area contributed by atoms with Gasteiger partial charge in [0.05, 0.1) is 6.61 Å². The van der Waals surface area contributed by atoms with Crippen LogP contribution in [0.3, 0.4) is 0 Å². The Hall–Kier alpha value is -3.07. The number of nitrogens with one attached hydrogen (secondary N) is 3. The lowest BCUT2D eigenvalue weighted by molar-refractivity contribution is -0.122. The number of carbonyl (C=O) groups excluding carboxylic acids is 2. The lowest BCUT2D eigenvalue weighted by atomic mass is 10.1. The number of hydrogen-bond acceptors (Lipinski definition) is 11. The van der Waals surface area contributed by atoms with E-state index in [-0.39, 0.29) is 9.93 Å². The number of benzene rings is 1. The van der Waals surface area contributed by atoms with Crippen LogP contribution in [0.4, 0.5) is 5.82 Å². The molecule has 2 aromatic rings. The van der Waals surface area contributed by atoms with Gasteiger partial charge in [-0.15, -0.1) is 10.2 Å². The number of hydrazine groups is 2. The molecule has 1 aliphatic heterocycles. The molecule has 0 saturated carbocycles. The third-order valence-electron chi connectivity index (χ3n) is 4.78. The maximum absolute atomic E-state index is 12.5. The van der Waals surface area contributed by atoms with Gasteiger partial charge in [0, 0.05) is 48.7 Å². The van der Waals surface area contributed by atoms with Gasteiger partial charge >= 0.3 is 0 Å². The highest BCUT2D eigenvalue weighted by Crippen LogP contribution is 2.28. The number of carbonyl (C=O) groups is 2. The summed E-state index contributed by atoms with van der Waals surface area (Å²) in [5.74, 6) is 0.218. The Morgan fingerprint density at radius 3 is 2.62 bits per heavy atom. The molecule has 0 saturated heterocycles. The first-order valence-electron chi connectivity index (χ1n) is 11.3. The Morgan fingerprint density at radius 2 is 2.00 bits per heavy atom. The topological polar surface area (TPSA) is 146 Å². The quantitative estimate of drug-likeness (QED) is 0.343. The molecule has 15 heteroatoms. The second-order valence-electron chi connectivity index (χ2n) is 8.33. The van der Waals surface area contributed by atoms with E-state index in [0.29, 0.717) is 48.4 Å². The molecule has 0 bridgehead atoms. The van der Waals surface area contributed by atoms with Gasteiger partial charge in [0.1, 0.15) is 5.75 Å². The Labute approximate surface area is 224 Å². The average molecular weight is 570 g/mol. The summed E-state index contributed by atoms with van der Waals surface area (Å²) < 4.78 is 33.9. The number of nitrogens with zero attached hydrogens (tertiary/aromatic N) is 4. The Bertz CT molecular complexity index is 1270. The summed E-state index contributed by atoms with van der Waals surface area (Å²) in [4.78, 5) is 25.6. The normalized spacial score (nSPS) is 13.6. The fraction of sp³-hybridized carbons (Fsp3) is 0.364. The van der Waals surface area contributed by atoms with Crippen molar-refractivity contribution in [1.29, 1.82) is 0 Å². The molecule has 1 aliphatic rings. The molecule has 12 nitrogen and oxygen atoms in total. The van der Waals surface area contributed by atoms with E-state index in [4.69, 9.17) is 16.3 Å². The lowest BCUT2D eigenvalue weighted by Gasteiger charge is -2.23. The highest BCUT2D eigenvalue weighted by Gasteiger charge is 2.29. The van der Waals surface area contributed by atoms with Gasteiger partial charge in [-0.3, -0.25) is 20.4 Å². The zero-order valence-electron chi connectivity index (χ0n) is 20.7.